The summed E-state index contributed by atoms with van der Waals surface area (Å²) in [5.74, 6) is 0. The van der Waals surface area contributed by atoms with Gasteiger partial charge in [-0.2, -0.15) is 10.2 Å². The molecule has 0 aliphatic heterocycles. The molecule has 0 fully saturated rings. The molecule has 0 atom stereocenters. The van der Waals surface area contributed by atoms with Crippen molar-refractivity contribution in [2.75, 3.05) is 13.2 Å². The number of fused-ring (bicyclic) bond motifs is 2. The summed E-state index contributed by atoms with van der Waals surface area (Å²) in [5, 5.41) is 11.2. The molecule has 0 unspecified atom stereocenters. The highest BCUT2D eigenvalue weighted by Crippen LogP contribution is 2.25. The summed E-state index contributed by atoms with van der Waals surface area (Å²) in [6.07, 6.45) is 2.89. The number of nitrogens with zero attached hydrogens (tertiary/aromatic N) is 8. The van der Waals surface area contributed by atoms with Crippen molar-refractivity contribution in [3.8, 4) is 0 Å². The molecule has 4 aromatic heterocycles. The second-order valence-corrected chi connectivity index (χ2v) is 25.0. The standard InChI is InChI=1S/2C11H16ClIN4OSi/c2*1-19(2,3)5-4-18-7-17-11-8(10(13)16-17)9(12)14-6-15-11/h2*6H,4-5,7H2,1-3H3. The maximum absolute atomic E-state index is 6.05. The Morgan fingerprint density at radius 2 is 1.05 bits per heavy atom. The first-order valence-electron chi connectivity index (χ1n) is 12.0. The van der Waals surface area contributed by atoms with Crippen molar-refractivity contribution in [2.45, 2.75) is 64.8 Å². The quantitative estimate of drug-likeness (QED) is 0.0746. The summed E-state index contributed by atoms with van der Waals surface area (Å²) in [6, 6.07) is 2.28. The number of ether oxygens (including phenoxy) is 2. The van der Waals surface area contributed by atoms with Gasteiger partial charge in [-0.3, -0.25) is 0 Å². The topological polar surface area (TPSA) is 106 Å². The van der Waals surface area contributed by atoms with Gasteiger partial charge in [0.15, 0.2) is 11.3 Å². The minimum atomic E-state index is -1.06. The van der Waals surface area contributed by atoms with Crippen LogP contribution in [0.15, 0.2) is 12.7 Å². The second kappa shape index (κ2) is 13.9. The molecule has 4 aromatic rings. The van der Waals surface area contributed by atoms with Crippen molar-refractivity contribution in [3.05, 3.63) is 30.4 Å². The highest BCUT2D eigenvalue weighted by molar-refractivity contribution is 14.1. The molecular formula is C22H32Cl2I2N8O2Si2. The Morgan fingerprint density at radius 3 is 1.39 bits per heavy atom. The molecule has 0 N–H and O–H groups in total. The first-order valence-corrected chi connectivity index (χ1v) is 22.3. The maximum Gasteiger partial charge on any atom is 0.166 e. The minimum Gasteiger partial charge on any atom is -0.359 e. The largest absolute Gasteiger partial charge is 0.359 e. The Labute approximate surface area is 261 Å². The lowest BCUT2D eigenvalue weighted by Gasteiger charge is -2.15. The first kappa shape index (κ1) is 32.0. The van der Waals surface area contributed by atoms with Crippen LogP contribution in [0.2, 0.25) is 61.7 Å². The van der Waals surface area contributed by atoms with E-state index in [4.69, 9.17) is 32.7 Å². The fourth-order valence-electron chi connectivity index (χ4n) is 3.10. The van der Waals surface area contributed by atoms with E-state index in [0.29, 0.717) is 23.8 Å². The highest BCUT2D eigenvalue weighted by Gasteiger charge is 2.16. The van der Waals surface area contributed by atoms with Crippen LogP contribution >= 0.6 is 68.4 Å². The van der Waals surface area contributed by atoms with E-state index >= 15 is 0 Å². The van der Waals surface area contributed by atoms with E-state index in [0.717, 1.165) is 54.8 Å². The molecule has 4 rings (SSSR count). The van der Waals surface area contributed by atoms with Gasteiger partial charge in [0.25, 0.3) is 0 Å². The van der Waals surface area contributed by atoms with Crippen molar-refractivity contribution in [3.63, 3.8) is 0 Å². The summed E-state index contributed by atoms with van der Waals surface area (Å²) in [4.78, 5) is 16.4. The Kier molecular flexibility index (Phi) is 11.7. The lowest BCUT2D eigenvalue weighted by atomic mass is 10.4. The number of halogens is 4. The van der Waals surface area contributed by atoms with Crippen molar-refractivity contribution in [1.29, 1.82) is 0 Å². The third-order valence-corrected chi connectivity index (χ3v) is 10.8. The zero-order chi connectivity index (χ0) is 28.1. The van der Waals surface area contributed by atoms with E-state index in [1.807, 2.05) is 0 Å². The minimum absolute atomic E-state index is 0.400. The molecule has 16 heteroatoms. The van der Waals surface area contributed by atoms with Crippen LogP contribution in [0.5, 0.6) is 0 Å². The molecule has 0 aliphatic carbocycles. The Hall–Kier alpha value is -0.506. The van der Waals surface area contributed by atoms with Gasteiger partial charge in [0.05, 0.1) is 10.8 Å². The summed E-state index contributed by atoms with van der Waals surface area (Å²) >= 11 is 16.4. The molecule has 0 aliphatic rings. The van der Waals surface area contributed by atoms with Crippen LogP contribution in [0.1, 0.15) is 0 Å². The van der Waals surface area contributed by atoms with Gasteiger partial charge in [-0.05, 0) is 57.3 Å². The van der Waals surface area contributed by atoms with E-state index in [1.54, 1.807) is 9.36 Å². The molecular weight excluding hydrogens is 789 g/mol. The van der Waals surface area contributed by atoms with Crippen LogP contribution in [0.4, 0.5) is 0 Å². The summed E-state index contributed by atoms with van der Waals surface area (Å²) < 4.78 is 16.4. The number of rotatable bonds is 10. The van der Waals surface area contributed by atoms with Gasteiger partial charge >= 0.3 is 0 Å². The van der Waals surface area contributed by atoms with Crippen LogP contribution in [0.3, 0.4) is 0 Å². The third-order valence-electron chi connectivity index (χ3n) is 5.30. The SMILES string of the molecule is C[Si](C)(C)CCOCn1nc(I)c2c(Cl)ncnc21.C[Si](C)(C)CCOCn1nc(I)c2c(Cl)ncnc21. The molecule has 38 heavy (non-hydrogen) atoms. The smallest absolute Gasteiger partial charge is 0.166 e. The second-order valence-electron chi connectivity index (χ2n) is 11.0. The lowest BCUT2D eigenvalue weighted by Crippen LogP contribution is -2.22. The molecule has 0 aromatic carbocycles. The van der Waals surface area contributed by atoms with Gasteiger partial charge in [0.2, 0.25) is 0 Å². The van der Waals surface area contributed by atoms with Crippen LogP contribution in [0.25, 0.3) is 22.1 Å². The molecule has 0 saturated heterocycles. The number of hydrogen-bond acceptors (Lipinski definition) is 8. The van der Waals surface area contributed by atoms with Gasteiger partial charge in [0, 0.05) is 29.4 Å². The van der Waals surface area contributed by atoms with Crippen LogP contribution in [0, 0.1) is 7.40 Å². The van der Waals surface area contributed by atoms with Crippen molar-refractivity contribution in [2.24, 2.45) is 0 Å². The van der Waals surface area contributed by atoms with Crippen LogP contribution in [-0.4, -0.2) is 68.9 Å². The lowest BCUT2D eigenvalue weighted by molar-refractivity contribution is 0.0809. The normalized spacial score (nSPS) is 12.3. The van der Waals surface area contributed by atoms with Gasteiger partial charge in [0.1, 0.15) is 43.8 Å². The Balaban J connectivity index is 0.000000211. The zero-order valence-corrected chi connectivity index (χ0v) is 30.1. The predicted octanol–water partition coefficient (Wildman–Crippen LogP) is 6.79. The van der Waals surface area contributed by atoms with E-state index in [1.165, 1.54) is 12.7 Å². The molecule has 0 saturated carbocycles. The number of aromatic nitrogens is 8. The summed E-state index contributed by atoms with van der Waals surface area (Å²) in [5.41, 5.74) is 1.44. The highest BCUT2D eigenvalue weighted by atomic mass is 127. The van der Waals surface area contributed by atoms with Crippen molar-refractivity contribution in [1.82, 2.24) is 39.5 Å². The Morgan fingerprint density at radius 1 is 0.684 bits per heavy atom. The summed E-state index contributed by atoms with van der Waals surface area (Å²) in [7, 11) is -2.11. The average Bonchev–Trinajstić information content (AvgIpc) is 3.31. The zero-order valence-electron chi connectivity index (χ0n) is 22.3. The maximum atomic E-state index is 6.05. The van der Waals surface area contributed by atoms with Gasteiger partial charge in [-0.1, -0.05) is 62.5 Å². The van der Waals surface area contributed by atoms with E-state index in [-0.39, 0.29) is 0 Å². The molecule has 208 valence electrons. The molecule has 0 amide bonds. The van der Waals surface area contributed by atoms with Crippen LogP contribution < -0.4 is 0 Å². The van der Waals surface area contributed by atoms with Gasteiger partial charge < -0.3 is 9.47 Å². The van der Waals surface area contributed by atoms with Crippen molar-refractivity contribution < 1.29 is 9.47 Å². The molecule has 10 nitrogen and oxygen atoms in total. The molecule has 0 spiro atoms. The fraction of sp³-hybridized carbons (Fsp3) is 0.545. The third kappa shape index (κ3) is 9.27. The van der Waals surface area contributed by atoms with E-state index in [9.17, 15) is 0 Å². The number of hydrogen-bond donors (Lipinski definition) is 0. The first-order chi connectivity index (χ1) is 17.8. The van der Waals surface area contributed by atoms with E-state index < -0.39 is 16.1 Å². The van der Waals surface area contributed by atoms with Crippen LogP contribution in [-0.2, 0) is 22.9 Å². The molecule has 0 radical (unpaired) electrons. The predicted molar refractivity (Wildman–Crippen MR) is 174 cm³/mol. The molecule has 4 heterocycles. The fourth-order valence-corrected chi connectivity index (χ4v) is 6.88. The van der Waals surface area contributed by atoms with E-state index in [2.05, 4.69) is 115 Å². The molecule has 0 bridgehead atoms. The summed E-state index contributed by atoms with van der Waals surface area (Å²) in [6.45, 7) is 16.3. The van der Waals surface area contributed by atoms with Gasteiger partial charge in [-0.15, -0.1) is 0 Å². The van der Waals surface area contributed by atoms with Crippen molar-refractivity contribution >= 4 is 107 Å². The Bertz CT molecular complexity index is 1270. The van der Waals surface area contributed by atoms with Gasteiger partial charge in [-0.25, -0.2) is 29.3 Å². The average molecular weight is 821 g/mol. The monoisotopic (exact) mass is 820 g/mol.